The van der Waals surface area contributed by atoms with E-state index in [4.69, 9.17) is 30.5 Å². The van der Waals surface area contributed by atoms with Gasteiger partial charge in [0.25, 0.3) is 5.91 Å². The molecule has 4 unspecified atom stereocenters. The highest BCUT2D eigenvalue weighted by Crippen LogP contribution is 2.50. The van der Waals surface area contributed by atoms with Gasteiger partial charge in [0.2, 0.25) is 0 Å². The molecule has 4 atom stereocenters. The van der Waals surface area contributed by atoms with E-state index in [1.54, 1.807) is 25.2 Å². The quantitative estimate of drug-likeness (QED) is 0.567. The summed E-state index contributed by atoms with van der Waals surface area (Å²) in [5.74, 6) is 0.653. The smallest absolute Gasteiger partial charge is 0.290 e. The van der Waals surface area contributed by atoms with Crippen LogP contribution in [0, 0.1) is 5.92 Å². The van der Waals surface area contributed by atoms with Gasteiger partial charge in [-0.25, -0.2) is 0 Å². The maximum absolute atomic E-state index is 13.8. The van der Waals surface area contributed by atoms with Gasteiger partial charge in [-0.05, 0) is 25.3 Å². The highest BCUT2D eigenvalue weighted by atomic mass is 35.5. The van der Waals surface area contributed by atoms with Crippen LogP contribution in [0.2, 0.25) is 0 Å². The highest BCUT2D eigenvalue weighted by Gasteiger charge is 2.53. The second-order valence-electron chi connectivity index (χ2n) is 9.22. The van der Waals surface area contributed by atoms with Crippen LogP contribution in [-0.2, 0) is 19.1 Å². The number of para-hydroxylation sites is 1. The Balaban J connectivity index is 1.54. The molecule has 0 bridgehead atoms. The van der Waals surface area contributed by atoms with Gasteiger partial charge in [-0.1, -0.05) is 12.1 Å². The first-order valence-corrected chi connectivity index (χ1v) is 12.4. The first-order valence-electron chi connectivity index (χ1n) is 11.9. The number of ether oxygens (including phenoxy) is 4. The monoisotopic (exact) mass is 490 g/mol. The van der Waals surface area contributed by atoms with Crippen molar-refractivity contribution < 1.29 is 28.5 Å². The molecule has 5 rings (SSSR count). The lowest BCUT2D eigenvalue weighted by molar-refractivity contribution is -0.135. The Hall–Kier alpha value is -2.29. The van der Waals surface area contributed by atoms with Crippen molar-refractivity contribution in [1.29, 1.82) is 0 Å². The summed E-state index contributed by atoms with van der Waals surface area (Å²) in [6.45, 7) is 4.14. The number of carbonyl (C=O) groups excluding carboxylic acids is 2. The average Bonchev–Trinajstić information content (AvgIpc) is 3.14. The van der Waals surface area contributed by atoms with E-state index in [0.717, 1.165) is 25.1 Å². The fraction of sp³-hybridized carbons (Fsp3) is 0.600. The molecular formula is C25H31ClN2O6. The predicted molar refractivity (Wildman–Crippen MR) is 125 cm³/mol. The summed E-state index contributed by atoms with van der Waals surface area (Å²) in [6, 6.07) is 4.95. The maximum atomic E-state index is 13.8. The van der Waals surface area contributed by atoms with E-state index < -0.39 is 6.04 Å². The van der Waals surface area contributed by atoms with Crippen molar-refractivity contribution in [2.24, 2.45) is 5.92 Å². The molecule has 0 radical (unpaired) electrons. The van der Waals surface area contributed by atoms with Gasteiger partial charge in [0.1, 0.15) is 6.10 Å². The van der Waals surface area contributed by atoms with Gasteiger partial charge in [-0.2, -0.15) is 0 Å². The van der Waals surface area contributed by atoms with Gasteiger partial charge in [0, 0.05) is 37.1 Å². The Morgan fingerprint density at radius 2 is 1.88 bits per heavy atom. The molecule has 1 aromatic rings. The molecule has 3 aliphatic heterocycles. The van der Waals surface area contributed by atoms with Crippen LogP contribution in [-0.4, -0.2) is 86.6 Å². The number of ketones is 1. The average molecular weight is 491 g/mol. The summed E-state index contributed by atoms with van der Waals surface area (Å²) in [5, 5.41) is -0.0599. The molecular weight excluding hydrogens is 460 g/mol. The van der Waals surface area contributed by atoms with Gasteiger partial charge in [0.05, 0.1) is 45.0 Å². The summed E-state index contributed by atoms with van der Waals surface area (Å²) < 4.78 is 22.9. The Morgan fingerprint density at radius 3 is 2.62 bits per heavy atom. The van der Waals surface area contributed by atoms with E-state index in [1.165, 1.54) is 0 Å². The highest BCUT2D eigenvalue weighted by molar-refractivity contribution is 6.21. The molecule has 184 valence electrons. The van der Waals surface area contributed by atoms with E-state index in [1.807, 2.05) is 12.1 Å². The number of amides is 1. The number of rotatable bonds is 6. The molecule has 8 nitrogen and oxygen atoms in total. The Labute approximate surface area is 204 Å². The van der Waals surface area contributed by atoms with E-state index in [9.17, 15) is 9.59 Å². The van der Waals surface area contributed by atoms with Crippen molar-refractivity contribution in [3.05, 3.63) is 35.1 Å². The maximum Gasteiger partial charge on any atom is 0.290 e. The number of Topliss-reactive ketones (excluding diaryl/α,β-unsaturated/α-hetero) is 1. The van der Waals surface area contributed by atoms with Gasteiger partial charge in [-0.3, -0.25) is 14.5 Å². The van der Waals surface area contributed by atoms with Gasteiger partial charge in [0.15, 0.2) is 23.0 Å². The van der Waals surface area contributed by atoms with Gasteiger partial charge < -0.3 is 23.8 Å². The summed E-state index contributed by atoms with van der Waals surface area (Å²) >= 11 is 6.43. The fourth-order valence-electron chi connectivity index (χ4n) is 5.62. The zero-order valence-corrected chi connectivity index (χ0v) is 20.4. The second-order valence-corrected chi connectivity index (χ2v) is 9.84. The molecule has 1 aromatic carbocycles. The Morgan fingerprint density at radius 1 is 1.09 bits per heavy atom. The number of hydrogen-bond acceptors (Lipinski definition) is 7. The number of carbonyl (C=O) groups is 2. The number of fused-ring (bicyclic) bond motifs is 1. The summed E-state index contributed by atoms with van der Waals surface area (Å²) in [6.07, 6.45) is 1.72. The van der Waals surface area contributed by atoms with Crippen LogP contribution >= 0.6 is 11.6 Å². The molecule has 2 fully saturated rings. The molecule has 34 heavy (non-hydrogen) atoms. The minimum Gasteiger partial charge on any atom is -0.493 e. The van der Waals surface area contributed by atoms with E-state index >= 15 is 0 Å². The van der Waals surface area contributed by atoms with Crippen LogP contribution in [0.15, 0.2) is 29.5 Å². The number of morpholine rings is 1. The van der Waals surface area contributed by atoms with Crippen molar-refractivity contribution in [3.8, 4) is 11.5 Å². The molecule has 1 saturated heterocycles. The Bertz CT molecular complexity index is 992. The number of halogens is 1. The van der Waals surface area contributed by atoms with Gasteiger partial charge in [-0.15, -0.1) is 11.6 Å². The third-order valence-electron chi connectivity index (χ3n) is 7.37. The fourth-order valence-corrected chi connectivity index (χ4v) is 5.94. The molecule has 0 spiro atoms. The van der Waals surface area contributed by atoms with Crippen molar-refractivity contribution in [2.75, 3.05) is 53.6 Å². The van der Waals surface area contributed by atoms with E-state index in [-0.39, 0.29) is 34.8 Å². The second kappa shape index (κ2) is 9.76. The van der Waals surface area contributed by atoms with Crippen LogP contribution < -0.4 is 9.47 Å². The van der Waals surface area contributed by atoms with Crippen LogP contribution in [0.4, 0.5) is 0 Å². The third kappa shape index (κ3) is 4.06. The minimum absolute atomic E-state index is 0.0336. The minimum atomic E-state index is -0.599. The molecule has 1 saturated carbocycles. The predicted octanol–water partition coefficient (Wildman–Crippen LogP) is 2.55. The van der Waals surface area contributed by atoms with Crippen LogP contribution in [0.1, 0.15) is 30.9 Å². The zero-order chi connectivity index (χ0) is 23.8. The number of benzene rings is 1. The molecule has 0 aromatic heterocycles. The van der Waals surface area contributed by atoms with Crippen molar-refractivity contribution in [1.82, 2.24) is 9.80 Å². The SMILES string of the molecule is COc1cccc(C2C3=C(OC4CCC(Cl)CC4C3=O)C(=O)N2CCN2CCOCC2)c1OC. The van der Waals surface area contributed by atoms with Crippen molar-refractivity contribution >= 4 is 23.3 Å². The van der Waals surface area contributed by atoms with Crippen LogP contribution in [0.25, 0.3) is 0 Å². The standard InChI is InChI=1S/C25H31ClN2O6/c1-31-19-5-3-4-16(23(19)32-2)21-20-22(29)17-14-15(26)6-7-18(17)34-24(20)25(30)28(21)9-8-27-10-12-33-13-11-27/h3-5,15,17-18,21H,6-14H2,1-2H3. The van der Waals surface area contributed by atoms with Crippen molar-refractivity contribution in [3.63, 3.8) is 0 Å². The zero-order valence-electron chi connectivity index (χ0n) is 19.6. The first kappa shape index (κ1) is 23.5. The van der Waals surface area contributed by atoms with Gasteiger partial charge >= 0.3 is 0 Å². The summed E-state index contributed by atoms with van der Waals surface area (Å²) in [5.41, 5.74) is 1.14. The lowest BCUT2D eigenvalue weighted by Crippen LogP contribution is -2.43. The normalized spacial score (nSPS) is 29.6. The number of nitrogens with zero attached hydrogens (tertiary/aromatic N) is 2. The molecule has 4 aliphatic rings. The number of hydrogen-bond donors (Lipinski definition) is 0. The first-order chi connectivity index (χ1) is 16.5. The van der Waals surface area contributed by atoms with Crippen LogP contribution in [0.3, 0.4) is 0 Å². The van der Waals surface area contributed by atoms with E-state index in [2.05, 4.69) is 4.90 Å². The Kier molecular flexibility index (Phi) is 6.73. The molecule has 0 N–H and O–H groups in total. The summed E-state index contributed by atoms with van der Waals surface area (Å²) in [4.78, 5) is 31.6. The van der Waals surface area contributed by atoms with Crippen molar-refractivity contribution in [2.45, 2.75) is 36.8 Å². The summed E-state index contributed by atoms with van der Waals surface area (Å²) in [7, 11) is 3.14. The van der Waals surface area contributed by atoms with E-state index in [0.29, 0.717) is 56.2 Å². The molecule has 9 heteroatoms. The molecule has 3 heterocycles. The topological polar surface area (TPSA) is 77.5 Å². The lowest BCUT2D eigenvalue weighted by atomic mass is 9.77. The van der Waals surface area contributed by atoms with Crippen LogP contribution in [0.5, 0.6) is 11.5 Å². The third-order valence-corrected chi connectivity index (χ3v) is 7.76. The largest absolute Gasteiger partial charge is 0.493 e. The molecule has 1 aliphatic carbocycles. The number of methoxy groups -OCH3 is 2. The molecule has 1 amide bonds. The number of alkyl halides is 1. The lowest BCUT2D eigenvalue weighted by Gasteiger charge is -2.37.